The van der Waals surface area contributed by atoms with Gasteiger partial charge in [0.15, 0.2) is 5.96 Å². The van der Waals surface area contributed by atoms with E-state index in [9.17, 15) is 4.79 Å². The van der Waals surface area contributed by atoms with Crippen LogP contribution in [0.2, 0.25) is 0 Å². The van der Waals surface area contributed by atoms with Crippen molar-refractivity contribution in [3.8, 4) is 0 Å². The van der Waals surface area contributed by atoms with Crippen LogP contribution in [0.1, 0.15) is 53.2 Å². The van der Waals surface area contributed by atoms with Crippen LogP contribution in [0.25, 0.3) is 0 Å². The number of hydrogen-bond donors (Lipinski definition) is 2. The number of aliphatic imine (C=N–C) groups is 1. The highest BCUT2D eigenvalue weighted by Gasteiger charge is 2.24. The maximum Gasteiger partial charge on any atom is 0.409 e. The van der Waals surface area contributed by atoms with Crippen molar-refractivity contribution in [1.82, 2.24) is 20.4 Å². The van der Waals surface area contributed by atoms with E-state index in [1.165, 1.54) is 0 Å². The minimum Gasteiger partial charge on any atom is -0.469 e. The third kappa shape index (κ3) is 8.81. The maximum absolute atomic E-state index is 11.9. The molecular formula is C23H41N5O3. The summed E-state index contributed by atoms with van der Waals surface area (Å²) in [6.07, 6.45) is 4.04. The molecule has 1 aromatic heterocycles. The molecular weight excluding hydrogens is 394 g/mol. The van der Waals surface area contributed by atoms with Crippen molar-refractivity contribution in [2.45, 2.75) is 72.0 Å². The molecule has 0 radical (unpaired) electrons. The van der Waals surface area contributed by atoms with Gasteiger partial charge in [-0.15, -0.1) is 0 Å². The van der Waals surface area contributed by atoms with Crippen LogP contribution in [0.4, 0.5) is 4.79 Å². The van der Waals surface area contributed by atoms with Crippen molar-refractivity contribution in [3.05, 3.63) is 24.2 Å². The van der Waals surface area contributed by atoms with E-state index in [4.69, 9.17) is 14.1 Å². The molecule has 2 rings (SSSR count). The number of carbonyl (C=O) groups excluding carboxylic acids is 1. The molecule has 0 aliphatic carbocycles. The molecule has 1 aliphatic rings. The Hall–Kier alpha value is -2.22. The number of ether oxygens (including phenoxy) is 1. The normalized spacial score (nSPS) is 15.7. The molecule has 2 heterocycles. The van der Waals surface area contributed by atoms with E-state index in [-0.39, 0.29) is 12.1 Å². The lowest BCUT2D eigenvalue weighted by Gasteiger charge is -2.32. The molecule has 1 saturated heterocycles. The second-order valence-electron chi connectivity index (χ2n) is 8.52. The van der Waals surface area contributed by atoms with Crippen molar-refractivity contribution in [1.29, 1.82) is 0 Å². The van der Waals surface area contributed by atoms with Gasteiger partial charge in [-0.3, -0.25) is 9.89 Å². The van der Waals surface area contributed by atoms with Gasteiger partial charge in [-0.2, -0.15) is 0 Å². The molecule has 0 bridgehead atoms. The van der Waals surface area contributed by atoms with E-state index in [1.807, 2.05) is 19.1 Å². The number of piperidine rings is 1. The van der Waals surface area contributed by atoms with Gasteiger partial charge >= 0.3 is 6.09 Å². The molecule has 0 atom stereocenters. The van der Waals surface area contributed by atoms with Crippen LogP contribution in [-0.4, -0.2) is 79.3 Å². The van der Waals surface area contributed by atoms with E-state index in [2.05, 4.69) is 43.2 Å². The summed E-state index contributed by atoms with van der Waals surface area (Å²) in [6, 6.07) is 5.16. The summed E-state index contributed by atoms with van der Waals surface area (Å²) in [6.45, 7) is 14.9. The van der Waals surface area contributed by atoms with Crippen LogP contribution < -0.4 is 10.6 Å². The maximum atomic E-state index is 11.9. The van der Waals surface area contributed by atoms with Crippen LogP contribution in [0.5, 0.6) is 0 Å². The van der Waals surface area contributed by atoms with Gasteiger partial charge in [-0.05, 0) is 59.6 Å². The number of nitrogens with one attached hydrogen (secondary N) is 2. The van der Waals surface area contributed by atoms with Crippen molar-refractivity contribution >= 4 is 12.1 Å². The van der Waals surface area contributed by atoms with E-state index < -0.39 is 0 Å². The Bertz CT molecular complexity index is 644. The van der Waals surface area contributed by atoms with Gasteiger partial charge in [0.1, 0.15) is 5.76 Å². The Morgan fingerprint density at radius 3 is 2.58 bits per heavy atom. The molecule has 0 aromatic carbocycles. The fourth-order valence-corrected chi connectivity index (χ4v) is 3.92. The molecule has 0 unspecified atom stereocenters. The quantitative estimate of drug-likeness (QED) is 0.434. The molecule has 2 N–H and O–H groups in total. The Labute approximate surface area is 187 Å². The lowest BCUT2D eigenvalue weighted by molar-refractivity contribution is 0.0963. The number of hydrogen-bond acceptors (Lipinski definition) is 5. The highest BCUT2D eigenvalue weighted by atomic mass is 16.6. The Morgan fingerprint density at radius 2 is 2.00 bits per heavy atom. The van der Waals surface area contributed by atoms with Gasteiger partial charge in [0.25, 0.3) is 0 Å². The number of furan rings is 1. The third-order valence-electron chi connectivity index (χ3n) is 5.56. The highest BCUT2D eigenvalue weighted by Crippen LogP contribution is 2.11. The zero-order chi connectivity index (χ0) is 22.6. The number of nitrogens with zero attached hydrogens (tertiary/aromatic N) is 3. The smallest absolute Gasteiger partial charge is 0.409 e. The number of amides is 1. The Kier molecular flexibility index (Phi) is 10.7. The first-order chi connectivity index (χ1) is 14.9. The minimum atomic E-state index is -0.214. The predicted octanol–water partition coefficient (Wildman–Crippen LogP) is 3.10. The highest BCUT2D eigenvalue weighted by molar-refractivity contribution is 5.80. The van der Waals surface area contributed by atoms with Crippen molar-refractivity contribution in [2.75, 3.05) is 39.3 Å². The average Bonchev–Trinajstić information content (AvgIpc) is 3.24. The SMILES string of the molecule is CCOC(=O)N1CCC(NC(=NCCN(C(C)C)C(C)C)NCCc2ccco2)CC1. The van der Waals surface area contributed by atoms with Crippen molar-refractivity contribution in [3.63, 3.8) is 0 Å². The molecule has 31 heavy (non-hydrogen) atoms. The monoisotopic (exact) mass is 435 g/mol. The van der Waals surface area contributed by atoms with Crippen molar-refractivity contribution < 1.29 is 13.9 Å². The summed E-state index contributed by atoms with van der Waals surface area (Å²) in [5.41, 5.74) is 0. The van der Waals surface area contributed by atoms with E-state index in [0.717, 1.165) is 50.6 Å². The van der Waals surface area contributed by atoms with Crippen LogP contribution in [0.15, 0.2) is 27.8 Å². The topological polar surface area (TPSA) is 82.3 Å². The molecule has 0 saturated carbocycles. The number of likely N-dealkylation sites (tertiary alicyclic amines) is 1. The van der Waals surface area contributed by atoms with Gasteiger partial charge in [0, 0.05) is 50.7 Å². The number of guanidine groups is 1. The fourth-order valence-electron chi connectivity index (χ4n) is 3.92. The summed E-state index contributed by atoms with van der Waals surface area (Å²) >= 11 is 0. The standard InChI is InChI=1S/C23H41N5O3/c1-6-30-23(29)27-14-10-20(11-15-27)26-22(24-12-9-21-8-7-17-31-21)25-13-16-28(18(2)3)19(4)5/h7-8,17-20H,6,9-16H2,1-5H3,(H2,24,25,26). The molecule has 1 fully saturated rings. The van der Waals surface area contributed by atoms with Gasteiger partial charge in [0.05, 0.1) is 19.4 Å². The molecule has 1 amide bonds. The third-order valence-corrected chi connectivity index (χ3v) is 5.56. The fraction of sp³-hybridized carbons (Fsp3) is 0.739. The van der Waals surface area contributed by atoms with Crippen LogP contribution in [-0.2, 0) is 11.2 Å². The summed E-state index contributed by atoms with van der Waals surface area (Å²) in [5, 5.41) is 7.02. The zero-order valence-electron chi connectivity index (χ0n) is 19.9. The van der Waals surface area contributed by atoms with Crippen LogP contribution in [0.3, 0.4) is 0 Å². The first kappa shape index (κ1) is 25.0. The summed E-state index contributed by atoms with van der Waals surface area (Å²) in [4.78, 5) is 21.0. The second-order valence-corrected chi connectivity index (χ2v) is 8.52. The van der Waals surface area contributed by atoms with E-state index in [1.54, 1.807) is 11.2 Å². The summed E-state index contributed by atoms with van der Waals surface area (Å²) in [7, 11) is 0. The van der Waals surface area contributed by atoms with Gasteiger partial charge in [-0.1, -0.05) is 0 Å². The Morgan fingerprint density at radius 1 is 1.29 bits per heavy atom. The summed E-state index contributed by atoms with van der Waals surface area (Å²) in [5.74, 6) is 1.79. The number of rotatable bonds is 10. The van der Waals surface area contributed by atoms with E-state index >= 15 is 0 Å². The average molecular weight is 436 g/mol. The van der Waals surface area contributed by atoms with Gasteiger partial charge in [-0.25, -0.2) is 4.79 Å². The molecule has 176 valence electrons. The lowest BCUT2D eigenvalue weighted by Crippen LogP contribution is -2.50. The van der Waals surface area contributed by atoms with E-state index in [0.29, 0.717) is 31.8 Å². The molecule has 1 aliphatic heterocycles. The van der Waals surface area contributed by atoms with Gasteiger partial charge < -0.3 is 24.7 Å². The van der Waals surface area contributed by atoms with Gasteiger partial charge in [0.2, 0.25) is 0 Å². The first-order valence-corrected chi connectivity index (χ1v) is 11.6. The lowest BCUT2D eigenvalue weighted by atomic mass is 10.1. The second kappa shape index (κ2) is 13.2. The first-order valence-electron chi connectivity index (χ1n) is 11.6. The molecule has 1 aromatic rings. The zero-order valence-corrected chi connectivity index (χ0v) is 19.9. The van der Waals surface area contributed by atoms with Crippen LogP contribution in [0, 0.1) is 0 Å². The van der Waals surface area contributed by atoms with Crippen LogP contribution >= 0.6 is 0 Å². The minimum absolute atomic E-state index is 0.214. The van der Waals surface area contributed by atoms with Crippen molar-refractivity contribution in [2.24, 2.45) is 4.99 Å². The summed E-state index contributed by atoms with van der Waals surface area (Å²) < 4.78 is 10.5. The Balaban J connectivity index is 1.89. The molecule has 8 heteroatoms. The largest absolute Gasteiger partial charge is 0.469 e. The predicted molar refractivity (Wildman–Crippen MR) is 124 cm³/mol. The number of carbonyl (C=O) groups is 1. The molecule has 8 nitrogen and oxygen atoms in total. The molecule has 0 spiro atoms.